The molecule has 0 aliphatic rings. The predicted octanol–water partition coefficient (Wildman–Crippen LogP) is 8.67. The van der Waals surface area contributed by atoms with Crippen LogP contribution in [0.15, 0.2) is 0 Å². The van der Waals surface area contributed by atoms with Crippen LogP contribution in [0, 0.1) is 0 Å². The number of rotatable bonds is 67. The molecule has 2 atom stereocenters. The zero-order valence-electron chi connectivity index (χ0n) is 68.9. The summed E-state index contributed by atoms with van der Waals surface area (Å²) in [5, 5.41) is 53.1. The second-order valence-corrected chi connectivity index (χ2v) is 75.6. The Morgan fingerprint density at radius 3 is 0.971 bits per heavy atom. The Bertz CT molecular complexity index is 1860. The predicted molar refractivity (Wildman–Crippen MR) is 440 cm³/mol. The molecular formula is C60H156O28Si14. The van der Waals surface area contributed by atoms with Gasteiger partial charge in [0.05, 0.1) is 79.3 Å². The lowest BCUT2D eigenvalue weighted by molar-refractivity contribution is -0.0466. The third-order valence-corrected chi connectivity index (χ3v) is 56.9. The normalized spacial score (nSPS) is 14.3. The number of hydrogen-bond donors (Lipinski definition) is 6. The van der Waals surface area contributed by atoms with Crippen LogP contribution >= 0.6 is 0 Å². The summed E-state index contributed by atoms with van der Waals surface area (Å²) in [6.07, 6.45) is 6.12. The molecule has 0 aromatic carbocycles. The van der Waals surface area contributed by atoms with Crippen LogP contribution in [-0.4, -0.2) is 312 Å². The van der Waals surface area contributed by atoms with E-state index in [1.807, 2.05) is 39.3 Å². The fourth-order valence-electron chi connectivity index (χ4n) is 10.3. The summed E-state index contributed by atoms with van der Waals surface area (Å²) in [6, 6.07) is 4.78. The Hall–Kier alpha value is 1.92. The van der Waals surface area contributed by atoms with Crippen LogP contribution in [0.5, 0.6) is 0 Å². The van der Waals surface area contributed by atoms with Crippen molar-refractivity contribution in [2.75, 3.05) is 160 Å². The Morgan fingerprint density at radius 1 is 0.294 bits per heavy atom. The van der Waals surface area contributed by atoms with Gasteiger partial charge >= 0.3 is 51.9 Å². The first-order chi connectivity index (χ1) is 47.5. The first-order valence-corrected chi connectivity index (χ1v) is 75.2. The van der Waals surface area contributed by atoms with Gasteiger partial charge < -0.3 is 128 Å². The molecule has 42 heteroatoms. The van der Waals surface area contributed by atoms with E-state index < -0.39 is 112 Å². The molecule has 0 radical (unpaired) electrons. The molecule has 28 nitrogen and oxygen atoms in total. The lowest BCUT2D eigenvalue weighted by Crippen LogP contribution is -2.56. The van der Waals surface area contributed by atoms with E-state index in [4.69, 9.17) is 128 Å². The molecule has 0 aromatic heterocycles. The van der Waals surface area contributed by atoms with Crippen molar-refractivity contribution in [2.24, 2.45) is 0 Å². The number of hydrogen-bond acceptors (Lipinski definition) is 28. The average Bonchev–Trinajstić information content (AvgIpc) is 0.841. The van der Waals surface area contributed by atoms with Crippen LogP contribution in [0.3, 0.4) is 0 Å². The molecule has 6 N–H and O–H groups in total. The standard InChI is InChI=1S/C25H60O12Si4.C20H48O8Si3.C10H30O6Si4.C5H18O2Si3/c1-38(2,22-10-17-30-20-13-27)33-25-35-41(7,34-24-32-16-9-8-15-29-19-12-26)37-40(5,6)36-39(3,4)23-11-18-31-21-14-28;1-29(2,18-6-12-24-15-9-21)27-30(3,4)28-31(5,19-7-13-25-16-10-22)20-8-14-26-17-11-23;1-11-9-13-20(8,14-10-12-17(2)3)16-19(6,7)15-18(4)5;1-8-6-10(4,5)7-9(2)3/h26-28H,8-25H2,1-7H3;21-23H,6-20H2,1-5H3;17-18H,9-10H2,1-8H3;9H,8H2,1-5H3/t41-;;20-;/m1.1./s1. The van der Waals surface area contributed by atoms with Gasteiger partial charge in [-0.3, -0.25) is 0 Å². The summed E-state index contributed by atoms with van der Waals surface area (Å²) in [6.45, 7) is 57.8. The molecule has 0 saturated carbocycles. The van der Waals surface area contributed by atoms with Gasteiger partial charge in [-0.15, -0.1) is 0 Å². The van der Waals surface area contributed by atoms with Gasteiger partial charge in [-0.05, 0) is 213 Å². The Balaban J connectivity index is -0.000000690. The summed E-state index contributed by atoms with van der Waals surface area (Å²) < 4.78 is 129. The van der Waals surface area contributed by atoms with Crippen molar-refractivity contribution in [1.82, 2.24) is 0 Å². The molecule has 0 spiro atoms. The first-order valence-electron chi connectivity index (χ1n) is 37.0. The molecule has 0 bridgehead atoms. The van der Waals surface area contributed by atoms with Crippen LogP contribution in [-0.2, 0) is 97.4 Å². The van der Waals surface area contributed by atoms with Crippen molar-refractivity contribution >= 4 is 122 Å². The van der Waals surface area contributed by atoms with Gasteiger partial charge in [-0.25, -0.2) is 0 Å². The minimum Gasteiger partial charge on any atom is -0.442 e. The van der Waals surface area contributed by atoms with E-state index in [1.165, 1.54) is 0 Å². The van der Waals surface area contributed by atoms with E-state index in [1.54, 1.807) is 7.11 Å². The molecular weight excluding hydrogens is 1560 g/mol. The second kappa shape index (κ2) is 64.3. The SMILES string of the molecule is COCO[Si@](C)(OCO[SiH](C)C)O[Si](C)(C)O[SiH](C)C.C[SiH2]O[Si](C)(C)O[SiH](C)C.C[Si](C)(CCCOCCO)OCO[Si@@](C)(OCOCCCCOCCO)O[Si](C)(C)O[Si](C)(C)CCCOCCO.C[Si](C)(CCCOCCO)O[Si](C)(C)O[Si](C)(CCCOCCO)CCCOCCO. The third-order valence-electron chi connectivity index (χ3n) is 13.7. The van der Waals surface area contributed by atoms with Gasteiger partial charge in [-0.2, -0.15) is 0 Å². The van der Waals surface area contributed by atoms with Crippen LogP contribution < -0.4 is 0 Å². The summed E-state index contributed by atoms with van der Waals surface area (Å²) in [5.41, 5.74) is 0. The van der Waals surface area contributed by atoms with Crippen LogP contribution in [0.2, 0.25) is 187 Å². The van der Waals surface area contributed by atoms with Crippen molar-refractivity contribution in [1.29, 1.82) is 0 Å². The van der Waals surface area contributed by atoms with Crippen molar-refractivity contribution < 1.29 is 128 Å². The number of ether oxygens (including phenoxy) is 8. The quantitative estimate of drug-likeness (QED) is 0.0188. The number of unbranched alkanes of at least 4 members (excludes halogenated alkanes) is 1. The zero-order valence-corrected chi connectivity index (χ0v) is 83.7. The molecule has 102 heavy (non-hydrogen) atoms. The zero-order chi connectivity index (χ0) is 78.7. The van der Waals surface area contributed by atoms with E-state index in [-0.39, 0.29) is 76.6 Å². The molecule has 0 unspecified atom stereocenters. The van der Waals surface area contributed by atoms with E-state index >= 15 is 0 Å². The molecule has 0 aliphatic carbocycles. The molecule has 0 amide bonds. The molecule has 0 aromatic rings. The van der Waals surface area contributed by atoms with Gasteiger partial charge in [0, 0.05) is 66.5 Å². The maximum atomic E-state index is 8.89. The van der Waals surface area contributed by atoms with Crippen LogP contribution in [0.4, 0.5) is 0 Å². The van der Waals surface area contributed by atoms with Gasteiger partial charge in [-0.1, -0.05) is 6.55 Å². The van der Waals surface area contributed by atoms with Crippen molar-refractivity contribution in [3.63, 3.8) is 0 Å². The first kappa shape index (κ1) is 110. The molecule has 0 heterocycles. The highest BCUT2D eigenvalue weighted by molar-refractivity contribution is 6.88. The Kier molecular flexibility index (Phi) is 69.5. The molecule has 0 aliphatic heterocycles. The molecule has 0 saturated heterocycles. The summed E-state index contributed by atoms with van der Waals surface area (Å²) in [5.74, 6) is 0. The third kappa shape index (κ3) is 74.6. The Morgan fingerprint density at radius 2 is 0.608 bits per heavy atom. The monoisotopic (exact) mass is 1720 g/mol. The minimum absolute atomic E-state index is 0.0259. The maximum Gasteiger partial charge on any atom is 0.492 e. The smallest absolute Gasteiger partial charge is 0.442 e. The molecule has 0 rings (SSSR count). The largest absolute Gasteiger partial charge is 0.492 e. The van der Waals surface area contributed by atoms with Crippen molar-refractivity contribution in [3.05, 3.63) is 0 Å². The summed E-state index contributed by atoms with van der Waals surface area (Å²) in [7, 11) is -24.7. The molecule has 620 valence electrons. The van der Waals surface area contributed by atoms with Gasteiger partial charge in [0.15, 0.2) is 60.4 Å². The Labute approximate surface area is 638 Å². The fourth-order valence-corrected chi connectivity index (χ4v) is 57.3. The minimum atomic E-state index is -3.19. The van der Waals surface area contributed by atoms with Crippen LogP contribution in [0.25, 0.3) is 0 Å². The number of aliphatic hydroxyl groups is 6. The lowest BCUT2D eigenvalue weighted by atomic mass is 10.3. The average molecular weight is 1720 g/mol. The van der Waals surface area contributed by atoms with Crippen LogP contribution in [0.1, 0.15) is 44.9 Å². The summed E-state index contributed by atoms with van der Waals surface area (Å²) >= 11 is 0. The van der Waals surface area contributed by atoms with E-state index in [9.17, 15) is 0 Å². The van der Waals surface area contributed by atoms with Crippen molar-refractivity contribution in [2.45, 2.75) is 232 Å². The second-order valence-electron chi connectivity index (χ2n) is 29.2. The maximum absolute atomic E-state index is 8.89. The topological polar surface area (TPSA) is 324 Å². The van der Waals surface area contributed by atoms with Gasteiger partial charge in [0.2, 0.25) is 0 Å². The molecule has 0 fully saturated rings. The van der Waals surface area contributed by atoms with Crippen molar-refractivity contribution in [3.8, 4) is 0 Å². The van der Waals surface area contributed by atoms with E-state index in [2.05, 4.69) is 118 Å². The highest BCUT2D eigenvalue weighted by Crippen LogP contribution is 2.31. The lowest BCUT2D eigenvalue weighted by Gasteiger charge is -2.40. The number of methoxy groups -OCH3 is 1. The highest BCUT2D eigenvalue weighted by Gasteiger charge is 2.47. The summed E-state index contributed by atoms with van der Waals surface area (Å²) in [4.78, 5) is 0. The van der Waals surface area contributed by atoms with E-state index in [0.29, 0.717) is 85.9 Å². The van der Waals surface area contributed by atoms with E-state index in [0.717, 1.165) is 75.2 Å². The van der Waals surface area contributed by atoms with Gasteiger partial charge in [0.1, 0.15) is 36.9 Å². The van der Waals surface area contributed by atoms with Gasteiger partial charge in [0.25, 0.3) is 0 Å². The fraction of sp³-hybridized carbons (Fsp3) is 1.00. The number of aliphatic hydroxyl groups excluding tert-OH is 6. The highest BCUT2D eigenvalue weighted by atomic mass is 28.5.